The third-order valence-electron chi connectivity index (χ3n) is 13.7. The molecule has 0 aromatic carbocycles. The SMILES string of the molecule is C[C@@H]1CCC2CC[C@]3(C)C(=CCC4[C@@]5(C)CC(O)C6OC(C)(C)OCC6(C)C5CC[C@]43C)C2[C@H]1C.[Ac]. The van der Waals surface area contributed by atoms with Gasteiger partial charge in [0.1, 0.15) is 0 Å². The summed E-state index contributed by atoms with van der Waals surface area (Å²) in [5.41, 5.74) is 2.42. The number of aliphatic hydroxyl groups is 1. The number of aliphatic hydroxyl groups excluding tert-OH is 1. The molecule has 5 aliphatic carbocycles. The molecule has 1 saturated heterocycles. The molecular weight excluding hydrogens is 659 g/mol. The molecule has 3 nitrogen and oxygen atoms in total. The fourth-order valence-electron chi connectivity index (χ4n) is 11.5. The molecule has 1 aliphatic heterocycles. The van der Waals surface area contributed by atoms with Gasteiger partial charge in [-0.2, -0.15) is 0 Å². The average molecular weight is 712 g/mol. The van der Waals surface area contributed by atoms with Crippen LogP contribution in [0.3, 0.4) is 0 Å². The van der Waals surface area contributed by atoms with E-state index in [2.05, 4.69) is 47.6 Å². The summed E-state index contributed by atoms with van der Waals surface area (Å²) >= 11 is 0. The second-order valence-corrected chi connectivity index (χ2v) is 15.5. The first-order chi connectivity index (χ1) is 16.3. The van der Waals surface area contributed by atoms with Crippen LogP contribution in [0.5, 0.6) is 0 Å². The zero-order valence-corrected chi connectivity index (χ0v) is 29.1. The van der Waals surface area contributed by atoms with E-state index < -0.39 is 11.9 Å². The van der Waals surface area contributed by atoms with Crippen LogP contribution in [0.4, 0.5) is 0 Å². The van der Waals surface area contributed by atoms with E-state index in [9.17, 15) is 5.11 Å². The van der Waals surface area contributed by atoms with Crippen molar-refractivity contribution < 1.29 is 58.6 Å². The molecule has 1 heterocycles. The third kappa shape index (κ3) is 3.69. The zero-order valence-electron chi connectivity index (χ0n) is 24.4. The Balaban J connectivity index is 0.00000267. The van der Waals surface area contributed by atoms with E-state index in [0.29, 0.717) is 29.3 Å². The molecule has 5 fully saturated rings. The second kappa shape index (κ2) is 9.03. The Bertz CT molecular complexity index is 913. The van der Waals surface area contributed by atoms with Crippen molar-refractivity contribution in [2.75, 3.05) is 6.61 Å². The largest absolute Gasteiger partial charge is 0.390 e. The van der Waals surface area contributed by atoms with Crippen LogP contribution in [0.1, 0.15) is 107 Å². The van der Waals surface area contributed by atoms with Crippen molar-refractivity contribution in [2.24, 2.45) is 57.2 Å². The maximum Gasteiger partial charge on any atom is 0.163 e. The van der Waals surface area contributed by atoms with Crippen molar-refractivity contribution >= 4 is 0 Å². The van der Waals surface area contributed by atoms with Gasteiger partial charge in [0, 0.05) is 49.5 Å². The van der Waals surface area contributed by atoms with Crippen molar-refractivity contribution in [1.82, 2.24) is 0 Å². The van der Waals surface area contributed by atoms with Gasteiger partial charge < -0.3 is 14.6 Å². The Morgan fingerprint density at radius 3 is 2.33 bits per heavy atom. The number of fused-ring (bicyclic) bond motifs is 9. The number of allylic oxidation sites excluding steroid dienone is 2. The van der Waals surface area contributed by atoms with Gasteiger partial charge in [0.05, 0.1) is 18.8 Å². The Hall–Kier alpha value is 1.06. The first kappa shape index (κ1) is 28.6. The van der Waals surface area contributed by atoms with Gasteiger partial charge in [0.15, 0.2) is 5.79 Å². The van der Waals surface area contributed by atoms with Gasteiger partial charge in [-0.3, -0.25) is 0 Å². The third-order valence-corrected chi connectivity index (χ3v) is 13.7. The monoisotopic (exact) mass is 711 g/mol. The molecule has 0 bridgehead atoms. The van der Waals surface area contributed by atoms with Crippen molar-refractivity contribution in [3.63, 3.8) is 0 Å². The van der Waals surface area contributed by atoms with Crippen molar-refractivity contribution in [3.8, 4) is 0 Å². The summed E-state index contributed by atoms with van der Waals surface area (Å²) < 4.78 is 12.7. The molecule has 0 amide bonds. The number of hydrogen-bond donors (Lipinski definition) is 1. The molecule has 6 aliphatic rings. The summed E-state index contributed by atoms with van der Waals surface area (Å²) in [6.07, 6.45) is 12.4. The van der Waals surface area contributed by atoms with Crippen LogP contribution in [0, 0.1) is 101 Å². The molecule has 4 heteroatoms. The second-order valence-electron chi connectivity index (χ2n) is 15.5. The Labute approximate surface area is 256 Å². The fourth-order valence-corrected chi connectivity index (χ4v) is 11.5. The molecule has 0 spiro atoms. The minimum absolute atomic E-state index is 0. The van der Waals surface area contributed by atoms with Crippen LogP contribution >= 0.6 is 0 Å². The quantitative estimate of drug-likeness (QED) is 0.267. The molecule has 36 heavy (non-hydrogen) atoms. The molecule has 201 valence electrons. The van der Waals surface area contributed by atoms with Gasteiger partial charge in [0.25, 0.3) is 0 Å². The molecule has 0 aromatic rings. The Morgan fingerprint density at radius 1 is 0.889 bits per heavy atom. The Kier molecular flexibility index (Phi) is 7.17. The van der Waals surface area contributed by atoms with Crippen LogP contribution in [-0.2, 0) is 9.47 Å². The summed E-state index contributed by atoms with van der Waals surface area (Å²) in [5, 5.41) is 11.6. The van der Waals surface area contributed by atoms with Crippen LogP contribution in [0.15, 0.2) is 11.6 Å². The van der Waals surface area contributed by atoms with E-state index in [1.54, 1.807) is 0 Å². The molecule has 1 radical (unpaired) electrons. The van der Waals surface area contributed by atoms with Crippen LogP contribution in [0.2, 0.25) is 0 Å². The standard InChI is InChI=1S/C32H52O3.Ac/c1-19-9-10-21-13-15-31(7)22(26(21)20(19)2)11-12-25-29(5)17-23(33)27-30(6,18-34-28(3,4)35-27)24(29)14-16-32(25,31)8;/h11,19-21,23-27,33H,9-10,12-18H2,1-8H3;/t19-,20+,21?,23?,24?,25?,26?,27?,29+,30?,31-,32-;/m1./s1. The summed E-state index contributed by atoms with van der Waals surface area (Å²) in [6.45, 7) is 20.0. The molecule has 4 saturated carbocycles. The predicted octanol–water partition coefficient (Wildman–Crippen LogP) is 7.38. The van der Waals surface area contributed by atoms with Gasteiger partial charge >= 0.3 is 0 Å². The van der Waals surface area contributed by atoms with E-state index in [1.807, 2.05) is 19.4 Å². The van der Waals surface area contributed by atoms with Crippen LogP contribution < -0.4 is 0 Å². The molecule has 6 rings (SSSR count). The minimum Gasteiger partial charge on any atom is -0.390 e. The number of hydrogen-bond acceptors (Lipinski definition) is 3. The zero-order chi connectivity index (χ0) is 25.2. The molecule has 0 aromatic heterocycles. The summed E-state index contributed by atoms with van der Waals surface area (Å²) in [4.78, 5) is 0. The van der Waals surface area contributed by atoms with E-state index >= 15 is 0 Å². The van der Waals surface area contributed by atoms with Crippen LogP contribution in [0.25, 0.3) is 0 Å². The molecule has 7 unspecified atom stereocenters. The maximum atomic E-state index is 11.6. The van der Waals surface area contributed by atoms with Gasteiger partial charge in [-0.1, -0.05) is 59.6 Å². The van der Waals surface area contributed by atoms with Gasteiger partial charge in [-0.15, -0.1) is 0 Å². The normalized spacial score (nSPS) is 57.5. The molecule has 12 atom stereocenters. The summed E-state index contributed by atoms with van der Waals surface area (Å²) in [5.74, 6) is 3.89. The molecular formula is C32H52AcO3. The number of rotatable bonds is 0. The van der Waals surface area contributed by atoms with E-state index in [4.69, 9.17) is 9.47 Å². The maximum absolute atomic E-state index is 11.6. The average Bonchev–Trinajstić information content (AvgIpc) is 2.77. The smallest absolute Gasteiger partial charge is 0.163 e. The number of ether oxygens (including phenoxy) is 2. The van der Waals surface area contributed by atoms with E-state index in [0.717, 1.165) is 30.1 Å². The summed E-state index contributed by atoms with van der Waals surface area (Å²) in [7, 11) is 0. The Morgan fingerprint density at radius 2 is 1.61 bits per heavy atom. The van der Waals surface area contributed by atoms with Crippen molar-refractivity contribution in [2.45, 2.75) is 125 Å². The summed E-state index contributed by atoms with van der Waals surface area (Å²) in [6, 6.07) is 0. The van der Waals surface area contributed by atoms with Crippen molar-refractivity contribution in [3.05, 3.63) is 11.6 Å². The predicted molar refractivity (Wildman–Crippen MR) is 141 cm³/mol. The minimum atomic E-state index is -0.607. The van der Waals surface area contributed by atoms with E-state index in [1.165, 1.54) is 44.9 Å². The molecule has 1 N–H and O–H groups in total. The van der Waals surface area contributed by atoms with Gasteiger partial charge in [-0.25, -0.2) is 0 Å². The topological polar surface area (TPSA) is 38.7 Å². The first-order valence-corrected chi connectivity index (χ1v) is 15.0. The fraction of sp³-hybridized carbons (Fsp3) is 0.938. The van der Waals surface area contributed by atoms with Crippen LogP contribution in [-0.4, -0.2) is 29.7 Å². The van der Waals surface area contributed by atoms with Crippen molar-refractivity contribution in [1.29, 1.82) is 0 Å². The van der Waals surface area contributed by atoms with Gasteiger partial charge in [-0.05, 0) is 111 Å². The van der Waals surface area contributed by atoms with Gasteiger partial charge in [0.2, 0.25) is 0 Å². The first-order valence-electron chi connectivity index (χ1n) is 15.0. The van der Waals surface area contributed by atoms with E-state index in [-0.39, 0.29) is 61.0 Å².